The molecule has 1 fully saturated rings. The summed E-state index contributed by atoms with van der Waals surface area (Å²) in [7, 11) is 0. The quantitative estimate of drug-likeness (QED) is 0.521. The van der Waals surface area contributed by atoms with Gasteiger partial charge in [0.15, 0.2) is 5.11 Å². The number of carbonyl (C=O) groups excluding carboxylic acids is 2. The number of thiocarbonyl (C=S) groups is 1. The molecule has 1 aromatic carbocycles. The summed E-state index contributed by atoms with van der Waals surface area (Å²) in [4.78, 5) is 27.9. The summed E-state index contributed by atoms with van der Waals surface area (Å²) in [5.74, 6) is -0.667. The van der Waals surface area contributed by atoms with E-state index in [2.05, 4.69) is 16.3 Å². The minimum absolute atomic E-state index is 0.0329. The van der Waals surface area contributed by atoms with E-state index < -0.39 is 0 Å². The second-order valence-corrected chi connectivity index (χ2v) is 6.93. The van der Waals surface area contributed by atoms with E-state index in [4.69, 9.17) is 22.2 Å². The first-order valence-electron chi connectivity index (χ1n) is 9.46. The van der Waals surface area contributed by atoms with Gasteiger partial charge in [-0.2, -0.15) is 5.26 Å². The molecule has 28 heavy (non-hydrogen) atoms. The number of piperazine rings is 1. The Hall–Kier alpha value is -2.50. The average molecular weight is 403 g/mol. The van der Waals surface area contributed by atoms with Crippen molar-refractivity contribution in [1.82, 2.24) is 15.1 Å². The lowest BCUT2D eigenvalue weighted by molar-refractivity contribution is -0.144. The summed E-state index contributed by atoms with van der Waals surface area (Å²) < 4.78 is 5.17. The molecule has 0 unspecified atom stereocenters. The molecule has 0 atom stereocenters. The number of hydrogen-bond acceptors (Lipinski definition) is 6. The van der Waals surface area contributed by atoms with Gasteiger partial charge in [-0.3, -0.25) is 14.5 Å². The van der Waals surface area contributed by atoms with E-state index >= 15 is 0 Å². The molecule has 1 aliphatic rings. The lowest BCUT2D eigenvalue weighted by Gasteiger charge is -2.35. The molecule has 0 saturated carbocycles. The van der Waals surface area contributed by atoms with Crippen molar-refractivity contribution in [3.8, 4) is 6.07 Å². The zero-order chi connectivity index (χ0) is 20.2. The fraction of sp³-hybridized carbons (Fsp3) is 0.500. The third-order valence-corrected chi connectivity index (χ3v) is 4.86. The van der Waals surface area contributed by atoms with Gasteiger partial charge < -0.3 is 15.0 Å². The third kappa shape index (κ3) is 8.03. The highest BCUT2D eigenvalue weighted by atomic mass is 32.1. The van der Waals surface area contributed by atoms with Gasteiger partial charge in [0.25, 0.3) is 0 Å². The van der Waals surface area contributed by atoms with Gasteiger partial charge in [0.1, 0.15) is 0 Å². The van der Waals surface area contributed by atoms with E-state index in [1.54, 1.807) is 0 Å². The summed E-state index contributed by atoms with van der Waals surface area (Å²) >= 11 is 5.29. The lowest BCUT2D eigenvalue weighted by Crippen LogP contribution is -2.52. The van der Waals surface area contributed by atoms with Gasteiger partial charge in [0.2, 0.25) is 5.91 Å². The van der Waals surface area contributed by atoms with E-state index in [1.807, 2.05) is 35.2 Å². The van der Waals surface area contributed by atoms with Crippen molar-refractivity contribution < 1.29 is 14.3 Å². The molecule has 0 aliphatic carbocycles. The van der Waals surface area contributed by atoms with Crippen molar-refractivity contribution in [3.63, 3.8) is 0 Å². The highest BCUT2D eigenvalue weighted by molar-refractivity contribution is 7.80. The largest absolute Gasteiger partial charge is 0.465 e. The molecular formula is C20H26N4O3S. The molecule has 1 heterocycles. The summed E-state index contributed by atoms with van der Waals surface area (Å²) in [6.45, 7) is 4.11. The maximum Gasteiger partial charge on any atom is 0.306 e. The zero-order valence-electron chi connectivity index (χ0n) is 15.9. The fourth-order valence-electron chi connectivity index (χ4n) is 2.86. The monoisotopic (exact) mass is 402 g/mol. The van der Waals surface area contributed by atoms with Crippen LogP contribution in [0, 0.1) is 11.3 Å². The van der Waals surface area contributed by atoms with Gasteiger partial charge in [0, 0.05) is 52.0 Å². The zero-order valence-corrected chi connectivity index (χ0v) is 16.7. The fourth-order valence-corrected chi connectivity index (χ4v) is 3.16. The van der Waals surface area contributed by atoms with Crippen LogP contribution in [0.15, 0.2) is 30.3 Å². The molecule has 1 aliphatic heterocycles. The van der Waals surface area contributed by atoms with Crippen molar-refractivity contribution in [1.29, 1.82) is 5.26 Å². The van der Waals surface area contributed by atoms with Crippen LogP contribution in [0.3, 0.4) is 0 Å². The molecule has 0 spiro atoms. The van der Waals surface area contributed by atoms with E-state index in [1.165, 1.54) is 0 Å². The van der Waals surface area contributed by atoms with E-state index in [0.29, 0.717) is 37.7 Å². The van der Waals surface area contributed by atoms with E-state index in [-0.39, 0.29) is 24.7 Å². The standard InChI is InChI=1S/C20H26N4O3S/c21-10-4-11-23-12-14-24(15-13-23)20(28)22-18(25)7-8-19(26)27-16-9-17-5-2-1-3-6-17/h1-3,5-6H,4,7-9,11-16H2,(H,22,25,28). The second-order valence-electron chi connectivity index (χ2n) is 6.55. The summed E-state index contributed by atoms with van der Waals surface area (Å²) in [6, 6.07) is 11.9. The number of carbonyl (C=O) groups is 2. The Kier molecular flexibility index (Phi) is 9.39. The molecule has 1 saturated heterocycles. The number of benzene rings is 1. The SMILES string of the molecule is N#CCCN1CCN(C(=S)NC(=O)CCC(=O)OCCc2ccccc2)CC1. The van der Waals surface area contributed by atoms with E-state index in [9.17, 15) is 9.59 Å². The normalized spacial score (nSPS) is 14.2. The van der Waals surface area contributed by atoms with Gasteiger partial charge >= 0.3 is 5.97 Å². The first-order valence-corrected chi connectivity index (χ1v) is 9.87. The van der Waals surface area contributed by atoms with Crippen LogP contribution in [0.5, 0.6) is 0 Å². The Balaban J connectivity index is 1.58. The van der Waals surface area contributed by atoms with Crippen LogP contribution >= 0.6 is 12.2 Å². The smallest absolute Gasteiger partial charge is 0.306 e. The van der Waals surface area contributed by atoms with Crippen LogP contribution in [-0.2, 0) is 20.7 Å². The molecule has 7 nitrogen and oxygen atoms in total. The van der Waals surface area contributed by atoms with Crippen LogP contribution in [-0.4, -0.2) is 66.1 Å². The molecule has 1 aromatic rings. The Morgan fingerprint density at radius 1 is 1.14 bits per heavy atom. The van der Waals surface area contributed by atoms with Crippen molar-refractivity contribution >= 4 is 29.2 Å². The third-order valence-electron chi connectivity index (χ3n) is 4.50. The number of esters is 1. The number of rotatable bonds is 8. The number of hydrogen-bond donors (Lipinski definition) is 1. The van der Waals surface area contributed by atoms with Crippen LogP contribution in [0.1, 0.15) is 24.8 Å². The predicted molar refractivity (Wildman–Crippen MR) is 109 cm³/mol. The minimum atomic E-state index is -0.386. The molecule has 0 aromatic heterocycles. The molecule has 2 rings (SSSR count). The van der Waals surface area contributed by atoms with Crippen LogP contribution in [0.25, 0.3) is 0 Å². The maximum atomic E-state index is 12.0. The van der Waals surface area contributed by atoms with Crippen molar-refractivity contribution in [3.05, 3.63) is 35.9 Å². The van der Waals surface area contributed by atoms with Crippen LogP contribution in [0.2, 0.25) is 0 Å². The second kappa shape index (κ2) is 12.1. The minimum Gasteiger partial charge on any atom is -0.465 e. The van der Waals surface area contributed by atoms with Gasteiger partial charge in [-0.15, -0.1) is 0 Å². The number of nitrogens with one attached hydrogen (secondary N) is 1. The maximum absolute atomic E-state index is 12.0. The first-order chi connectivity index (χ1) is 13.6. The number of ether oxygens (including phenoxy) is 1. The van der Waals surface area contributed by atoms with Gasteiger partial charge in [-0.1, -0.05) is 30.3 Å². The van der Waals surface area contributed by atoms with Gasteiger partial charge in [-0.05, 0) is 17.8 Å². The Labute approximate surface area is 171 Å². The lowest BCUT2D eigenvalue weighted by atomic mass is 10.2. The van der Waals surface area contributed by atoms with Crippen molar-refractivity contribution in [2.24, 2.45) is 0 Å². The summed E-state index contributed by atoms with van der Waals surface area (Å²) in [5, 5.41) is 11.7. The number of nitriles is 1. The van der Waals surface area contributed by atoms with Gasteiger partial charge in [-0.25, -0.2) is 0 Å². The van der Waals surface area contributed by atoms with E-state index in [0.717, 1.165) is 25.2 Å². The first kappa shape index (κ1) is 21.8. The van der Waals surface area contributed by atoms with Crippen LogP contribution < -0.4 is 5.32 Å². The Morgan fingerprint density at radius 2 is 1.86 bits per heavy atom. The number of nitrogens with zero attached hydrogens (tertiary/aromatic N) is 3. The molecule has 1 N–H and O–H groups in total. The topological polar surface area (TPSA) is 85.7 Å². The summed E-state index contributed by atoms with van der Waals surface area (Å²) in [6.07, 6.45) is 1.25. The molecule has 0 radical (unpaired) electrons. The number of amides is 1. The Bertz CT molecular complexity index is 697. The Morgan fingerprint density at radius 3 is 2.54 bits per heavy atom. The predicted octanol–water partition coefficient (Wildman–Crippen LogP) is 1.48. The molecule has 8 heteroatoms. The average Bonchev–Trinajstić information content (AvgIpc) is 2.72. The molecular weight excluding hydrogens is 376 g/mol. The van der Waals surface area contributed by atoms with Crippen molar-refractivity contribution in [2.75, 3.05) is 39.3 Å². The molecule has 0 bridgehead atoms. The molecule has 150 valence electrons. The summed E-state index contributed by atoms with van der Waals surface area (Å²) in [5.41, 5.74) is 1.10. The highest BCUT2D eigenvalue weighted by Gasteiger charge is 2.20. The molecule has 1 amide bonds. The van der Waals surface area contributed by atoms with Gasteiger partial charge in [0.05, 0.1) is 19.1 Å². The van der Waals surface area contributed by atoms with Crippen LogP contribution in [0.4, 0.5) is 0 Å². The highest BCUT2D eigenvalue weighted by Crippen LogP contribution is 2.04. The van der Waals surface area contributed by atoms with Crippen molar-refractivity contribution in [2.45, 2.75) is 25.7 Å².